The number of thiophene rings is 1. The van der Waals surface area contributed by atoms with Gasteiger partial charge in [0.2, 0.25) is 0 Å². The Balaban J connectivity index is 1.65. The summed E-state index contributed by atoms with van der Waals surface area (Å²) in [5.41, 5.74) is 6.21. The van der Waals surface area contributed by atoms with E-state index in [0.717, 1.165) is 24.8 Å². The van der Waals surface area contributed by atoms with Crippen LogP contribution in [-0.4, -0.2) is 21.4 Å². The summed E-state index contributed by atoms with van der Waals surface area (Å²) in [6.07, 6.45) is 2.26. The van der Waals surface area contributed by atoms with E-state index in [1.165, 1.54) is 21.6 Å². The van der Waals surface area contributed by atoms with Crippen LogP contribution in [0.15, 0.2) is 47.8 Å². The molecule has 4 nitrogen and oxygen atoms in total. The van der Waals surface area contributed by atoms with Crippen molar-refractivity contribution < 1.29 is 20.1 Å². The standard InChI is InChI=1S/C25H30O4S/c1-3-22(28)7-4-18-5-9-24(17(2)10-18)25-11-19(16-30-25)15-29-23-8-6-20(13-26)21(12-23)14-27/h5-6,8-12,16,22,26-28H,3-4,7,13-15H2,1-2H3. The van der Waals surface area contributed by atoms with E-state index in [0.29, 0.717) is 23.5 Å². The summed E-state index contributed by atoms with van der Waals surface area (Å²) in [6, 6.07) is 14.1. The number of ether oxygens (including phenoxy) is 1. The normalized spacial score (nSPS) is 12.2. The van der Waals surface area contributed by atoms with Crippen molar-refractivity contribution in [1.29, 1.82) is 0 Å². The van der Waals surface area contributed by atoms with Gasteiger partial charge in [-0.25, -0.2) is 0 Å². The van der Waals surface area contributed by atoms with Gasteiger partial charge in [-0.15, -0.1) is 11.3 Å². The van der Waals surface area contributed by atoms with E-state index < -0.39 is 0 Å². The summed E-state index contributed by atoms with van der Waals surface area (Å²) < 4.78 is 5.89. The number of rotatable bonds is 10. The van der Waals surface area contributed by atoms with E-state index in [-0.39, 0.29) is 19.3 Å². The number of aliphatic hydroxyl groups is 3. The highest BCUT2D eigenvalue weighted by atomic mass is 32.1. The van der Waals surface area contributed by atoms with Crippen molar-refractivity contribution in [2.45, 2.75) is 59.0 Å². The molecule has 0 aliphatic carbocycles. The number of aryl methyl sites for hydroxylation is 2. The molecule has 0 bridgehead atoms. The Hall–Kier alpha value is -2.18. The minimum absolute atomic E-state index is 0.0958. The third-order valence-electron chi connectivity index (χ3n) is 5.37. The molecule has 0 aliphatic rings. The van der Waals surface area contributed by atoms with Crippen LogP contribution >= 0.6 is 11.3 Å². The SMILES string of the molecule is CCC(O)CCc1ccc(-c2cc(COc3ccc(CO)c(CO)c3)cs2)c(C)c1. The lowest BCUT2D eigenvalue weighted by Gasteiger charge is -2.10. The first-order chi connectivity index (χ1) is 14.5. The predicted molar refractivity (Wildman–Crippen MR) is 122 cm³/mol. The van der Waals surface area contributed by atoms with E-state index in [9.17, 15) is 15.3 Å². The minimum Gasteiger partial charge on any atom is -0.489 e. The monoisotopic (exact) mass is 426 g/mol. The molecular formula is C25H30O4S. The van der Waals surface area contributed by atoms with Crippen LogP contribution in [0, 0.1) is 6.92 Å². The van der Waals surface area contributed by atoms with Crippen LogP contribution in [0.25, 0.3) is 10.4 Å². The van der Waals surface area contributed by atoms with Gasteiger partial charge in [0, 0.05) is 10.4 Å². The molecule has 1 atom stereocenters. The number of aliphatic hydroxyl groups excluding tert-OH is 3. The third-order valence-corrected chi connectivity index (χ3v) is 6.38. The molecule has 3 aromatic rings. The lowest BCUT2D eigenvalue weighted by molar-refractivity contribution is 0.160. The van der Waals surface area contributed by atoms with Crippen LogP contribution in [0.5, 0.6) is 5.75 Å². The van der Waals surface area contributed by atoms with Crippen molar-refractivity contribution in [3.8, 4) is 16.2 Å². The molecule has 1 aromatic heterocycles. The second-order valence-corrected chi connectivity index (χ2v) is 8.52. The number of benzene rings is 2. The van der Waals surface area contributed by atoms with Gasteiger partial charge in [0.15, 0.2) is 0 Å². The third kappa shape index (κ3) is 5.70. The molecule has 30 heavy (non-hydrogen) atoms. The quantitative estimate of drug-likeness (QED) is 0.427. The molecule has 3 rings (SSSR count). The van der Waals surface area contributed by atoms with Gasteiger partial charge in [-0.1, -0.05) is 31.2 Å². The Kier molecular flexibility index (Phi) is 8.05. The van der Waals surface area contributed by atoms with E-state index in [4.69, 9.17) is 4.74 Å². The zero-order valence-electron chi connectivity index (χ0n) is 17.6. The maximum Gasteiger partial charge on any atom is 0.120 e. The first-order valence-corrected chi connectivity index (χ1v) is 11.2. The van der Waals surface area contributed by atoms with Crippen molar-refractivity contribution in [3.63, 3.8) is 0 Å². The van der Waals surface area contributed by atoms with Gasteiger partial charge < -0.3 is 20.1 Å². The van der Waals surface area contributed by atoms with E-state index in [2.05, 4.69) is 36.6 Å². The van der Waals surface area contributed by atoms with Crippen molar-refractivity contribution in [2.75, 3.05) is 0 Å². The summed E-state index contributed by atoms with van der Waals surface area (Å²) in [4.78, 5) is 1.21. The first kappa shape index (κ1) is 22.5. The zero-order valence-corrected chi connectivity index (χ0v) is 18.4. The topological polar surface area (TPSA) is 69.9 Å². The highest BCUT2D eigenvalue weighted by molar-refractivity contribution is 7.13. The average molecular weight is 427 g/mol. The summed E-state index contributed by atoms with van der Waals surface area (Å²) >= 11 is 1.70. The minimum atomic E-state index is -0.224. The molecule has 0 aliphatic heterocycles. The molecule has 0 saturated carbocycles. The molecule has 0 radical (unpaired) electrons. The Morgan fingerprint density at radius 1 is 0.967 bits per heavy atom. The average Bonchev–Trinajstić information content (AvgIpc) is 3.24. The Morgan fingerprint density at radius 3 is 2.47 bits per heavy atom. The van der Waals surface area contributed by atoms with E-state index >= 15 is 0 Å². The Bertz CT molecular complexity index is 964. The molecule has 1 unspecified atom stereocenters. The van der Waals surface area contributed by atoms with Gasteiger partial charge in [-0.2, -0.15) is 0 Å². The summed E-state index contributed by atoms with van der Waals surface area (Å²) in [5.74, 6) is 0.679. The fourth-order valence-corrected chi connectivity index (χ4v) is 4.44. The molecule has 1 heterocycles. The molecule has 160 valence electrons. The second-order valence-electron chi connectivity index (χ2n) is 7.60. The van der Waals surface area contributed by atoms with Crippen molar-refractivity contribution in [1.82, 2.24) is 0 Å². The smallest absolute Gasteiger partial charge is 0.120 e. The van der Waals surface area contributed by atoms with Crippen LogP contribution < -0.4 is 4.74 Å². The fraction of sp³-hybridized carbons (Fsp3) is 0.360. The van der Waals surface area contributed by atoms with Crippen LogP contribution in [0.3, 0.4) is 0 Å². The van der Waals surface area contributed by atoms with Crippen LogP contribution in [0.1, 0.15) is 47.6 Å². The van der Waals surface area contributed by atoms with Crippen molar-refractivity contribution in [3.05, 3.63) is 75.7 Å². The van der Waals surface area contributed by atoms with Gasteiger partial charge >= 0.3 is 0 Å². The molecule has 0 spiro atoms. The number of hydrogen-bond acceptors (Lipinski definition) is 5. The maximum absolute atomic E-state index is 9.78. The van der Waals surface area contributed by atoms with Crippen LogP contribution in [-0.2, 0) is 26.2 Å². The molecule has 0 fully saturated rings. The Morgan fingerprint density at radius 2 is 1.77 bits per heavy atom. The summed E-state index contributed by atoms with van der Waals surface area (Å²) in [6.45, 7) is 4.37. The second kappa shape index (κ2) is 10.7. The lowest BCUT2D eigenvalue weighted by atomic mass is 9.99. The van der Waals surface area contributed by atoms with Gasteiger partial charge in [0.1, 0.15) is 12.4 Å². The highest BCUT2D eigenvalue weighted by Gasteiger charge is 2.09. The van der Waals surface area contributed by atoms with Crippen LogP contribution in [0.4, 0.5) is 0 Å². The molecule has 0 amide bonds. The molecular weight excluding hydrogens is 396 g/mol. The van der Waals surface area contributed by atoms with Crippen molar-refractivity contribution in [2.24, 2.45) is 0 Å². The summed E-state index contributed by atoms with van der Waals surface area (Å²) in [7, 11) is 0. The van der Waals surface area contributed by atoms with Crippen LogP contribution in [0.2, 0.25) is 0 Å². The first-order valence-electron chi connectivity index (χ1n) is 10.4. The van der Waals surface area contributed by atoms with E-state index in [1.807, 2.05) is 13.0 Å². The zero-order chi connectivity index (χ0) is 21.5. The maximum atomic E-state index is 9.78. The molecule has 2 aromatic carbocycles. The predicted octanol–water partition coefficient (Wildman–Crippen LogP) is 4.99. The van der Waals surface area contributed by atoms with Crippen molar-refractivity contribution >= 4 is 11.3 Å². The highest BCUT2D eigenvalue weighted by Crippen LogP contribution is 2.31. The Labute approximate surface area is 182 Å². The lowest BCUT2D eigenvalue weighted by Crippen LogP contribution is -2.05. The number of hydrogen-bond donors (Lipinski definition) is 3. The molecule has 0 saturated heterocycles. The van der Waals surface area contributed by atoms with Gasteiger partial charge in [0.05, 0.1) is 19.3 Å². The molecule has 5 heteroatoms. The van der Waals surface area contributed by atoms with Gasteiger partial charge in [-0.3, -0.25) is 0 Å². The van der Waals surface area contributed by atoms with Gasteiger partial charge in [-0.05, 0) is 77.6 Å². The molecule has 3 N–H and O–H groups in total. The van der Waals surface area contributed by atoms with Gasteiger partial charge in [0.25, 0.3) is 0 Å². The fourth-order valence-electron chi connectivity index (χ4n) is 3.45. The van der Waals surface area contributed by atoms with E-state index in [1.54, 1.807) is 23.5 Å². The largest absolute Gasteiger partial charge is 0.489 e. The summed E-state index contributed by atoms with van der Waals surface area (Å²) in [5, 5.41) is 30.6.